The number of nitrogens with zero attached hydrogens (tertiary/aromatic N) is 2. The van der Waals surface area contributed by atoms with Crippen LogP contribution in [0.1, 0.15) is 22.4 Å². The second-order valence-corrected chi connectivity index (χ2v) is 8.19. The summed E-state index contributed by atoms with van der Waals surface area (Å²) in [4.78, 5) is 4.82. The van der Waals surface area contributed by atoms with Crippen LogP contribution in [0.4, 0.5) is 5.69 Å². The first-order valence-electron chi connectivity index (χ1n) is 10.8. The Kier molecular flexibility index (Phi) is 5.21. The summed E-state index contributed by atoms with van der Waals surface area (Å²) < 4.78 is 0. The first kappa shape index (κ1) is 20.0. The van der Waals surface area contributed by atoms with Crippen LogP contribution in [-0.4, -0.2) is 16.9 Å². The SMILES string of the molecule is Cc1nc2ccc(NC3Cc4ccccc4C3)cc2c(-c2ccccc2)c1/C(=N/N)NN. The lowest BCUT2D eigenvalue weighted by molar-refractivity contribution is 0.774. The molecule has 0 aliphatic heterocycles. The van der Waals surface area contributed by atoms with Crippen LogP contribution < -0.4 is 22.4 Å². The Bertz CT molecular complexity index is 1290. The van der Waals surface area contributed by atoms with E-state index in [9.17, 15) is 0 Å². The molecule has 0 unspecified atom stereocenters. The van der Waals surface area contributed by atoms with E-state index in [0.717, 1.165) is 51.8 Å². The van der Waals surface area contributed by atoms with E-state index in [-0.39, 0.29) is 0 Å². The molecule has 4 aromatic rings. The highest BCUT2D eigenvalue weighted by Gasteiger charge is 2.22. The average molecular weight is 423 g/mol. The minimum Gasteiger partial charge on any atom is -0.382 e. The van der Waals surface area contributed by atoms with Crippen molar-refractivity contribution >= 4 is 22.4 Å². The van der Waals surface area contributed by atoms with E-state index < -0.39 is 0 Å². The molecular weight excluding hydrogens is 396 g/mol. The molecule has 32 heavy (non-hydrogen) atoms. The number of aryl methyl sites for hydroxylation is 1. The zero-order valence-corrected chi connectivity index (χ0v) is 18.0. The van der Waals surface area contributed by atoms with Crippen molar-refractivity contribution in [1.29, 1.82) is 0 Å². The van der Waals surface area contributed by atoms with Gasteiger partial charge in [0.1, 0.15) is 0 Å². The molecule has 0 spiro atoms. The Hall–Kier alpha value is -3.90. The zero-order valence-electron chi connectivity index (χ0n) is 18.0. The fraction of sp³-hybridized carbons (Fsp3) is 0.154. The molecule has 0 atom stereocenters. The van der Waals surface area contributed by atoms with Crippen LogP contribution in [0, 0.1) is 6.92 Å². The summed E-state index contributed by atoms with van der Waals surface area (Å²) in [5.74, 6) is 11.8. The summed E-state index contributed by atoms with van der Waals surface area (Å²) in [6, 6.07) is 25.6. The number of aromatic nitrogens is 1. The molecule has 1 aliphatic carbocycles. The van der Waals surface area contributed by atoms with Crippen LogP contribution in [-0.2, 0) is 12.8 Å². The third-order valence-electron chi connectivity index (χ3n) is 6.15. The van der Waals surface area contributed by atoms with Gasteiger partial charge in [-0.2, -0.15) is 5.10 Å². The van der Waals surface area contributed by atoms with Crippen LogP contribution in [0.3, 0.4) is 0 Å². The molecule has 0 bridgehead atoms. The maximum absolute atomic E-state index is 5.75. The van der Waals surface area contributed by atoms with Crippen molar-refractivity contribution in [3.8, 4) is 11.1 Å². The highest BCUT2D eigenvalue weighted by atomic mass is 15.3. The topological polar surface area (TPSA) is 101 Å². The predicted octanol–water partition coefficient (Wildman–Crippen LogP) is 3.87. The number of hydrogen-bond acceptors (Lipinski definition) is 5. The lowest BCUT2D eigenvalue weighted by Crippen LogP contribution is -2.33. The summed E-state index contributed by atoms with van der Waals surface area (Å²) in [5.41, 5.74) is 11.1. The van der Waals surface area contributed by atoms with Crippen LogP contribution >= 0.6 is 0 Å². The molecule has 0 saturated heterocycles. The number of amidine groups is 1. The van der Waals surface area contributed by atoms with Gasteiger partial charge in [0.15, 0.2) is 5.84 Å². The first-order chi connectivity index (χ1) is 15.7. The summed E-state index contributed by atoms with van der Waals surface area (Å²) in [7, 11) is 0. The van der Waals surface area contributed by atoms with Crippen molar-refractivity contribution in [3.05, 3.63) is 95.2 Å². The number of nitrogens with one attached hydrogen (secondary N) is 2. The lowest BCUT2D eigenvalue weighted by atomic mass is 9.93. The van der Waals surface area contributed by atoms with Crippen LogP contribution in [0.5, 0.6) is 0 Å². The molecule has 6 N–H and O–H groups in total. The monoisotopic (exact) mass is 422 g/mol. The van der Waals surface area contributed by atoms with Crippen LogP contribution in [0.2, 0.25) is 0 Å². The molecule has 0 radical (unpaired) electrons. The number of pyridine rings is 1. The average Bonchev–Trinajstić information content (AvgIpc) is 3.23. The van der Waals surface area contributed by atoms with Crippen molar-refractivity contribution in [2.24, 2.45) is 16.8 Å². The van der Waals surface area contributed by atoms with E-state index in [2.05, 4.69) is 70.4 Å². The Morgan fingerprint density at radius 2 is 1.66 bits per heavy atom. The molecule has 1 aromatic heterocycles. The Labute approximate surface area is 187 Å². The quantitative estimate of drug-likeness (QED) is 0.173. The molecule has 6 heteroatoms. The van der Waals surface area contributed by atoms with Gasteiger partial charge in [-0.1, -0.05) is 54.6 Å². The number of anilines is 1. The fourth-order valence-corrected chi connectivity index (χ4v) is 4.74. The maximum atomic E-state index is 5.75. The normalized spacial score (nSPS) is 13.9. The van der Waals surface area contributed by atoms with Gasteiger partial charge in [0.25, 0.3) is 0 Å². The number of nitrogens with two attached hydrogens (primary N) is 2. The lowest BCUT2D eigenvalue weighted by Gasteiger charge is -2.19. The van der Waals surface area contributed by atoms with Gasteiger partial charge in [-0.3, -0.25) is 4.98 Å². The molecule has 5 rings (SSSR count). The molecule has 1 aliphatic rings. The van der Waals surface area contributed by atoms with E-state index >= 15 is 0 Å². The minimum absolute atomic E-state index is 0.370. The van der Waals surface area contributed by atoms with Gasteiger partial charge in [-0.05, 0) is 54.7 Å². The second-order valence-electron chi connectivity index (χ2n) is 8.19. The number of hydrazine groups is 1. The molecule has 0 saturated carbocycles. The largest absolute Gasteiger partial charge is 0.382 e. The van der Waals surface area contributed by atoms with Gasteiger partial charge < -0.3 is 16.6 Å². The Balaban J connectivity index is 1.62. The molecule has 0 amide bonds. The van der Waals surface area contributed by atoms with Gasteiger partial charge in [-0.15, -0.1) is 0 Å². The second kappa shape index (κ2) is 8.32. The standard InChI is InChI=1S/C26H26N6/c1-16-24(26(31-27)32-28)25(17-7-3-2-4-8-17)22-15-20(11-12-23(22)29-16)30-21-13-18-9-5-6-10-19(18)14-21/h2-12,15,21,30H,13-14,27-28H2,1H3,(H,31,32). The van der Waals surface area contributed by atoms with Gasteiger partial charge >= 0.3 is 0 Å². The first-order valence-corrected chi connectivity index (χ1v) is 10.8. The number of rotatable bonds is 4. The van der Waals surface area contributed by atoms with E-state index in [0.29, 0.717) is 11.9 Å². The zero-order chi connectivity index (χ0) is 22.1. The number of hydrogen-bond donors (Lipinski definition) is 4. The van der Waals surface area contributed by atoms with Gasteiger partial charge in [0, 0.05) is 33.9 Å². The van der Waals surface area contributed by atoms with Crippen molar-refractivity contribution in [1.82, 2.24) is 10.4 Å². The molecule has 160 valence electrons. The third-order valence-corrected chi connectivity index (χ3v) is 6.15. The maximum Gasteiger partial charge on any atom is 0.169 e. The highest BCUT2D eigenvalue weighted by molar-refractivity contribution is 6.12. The third kappa shape index (κ3) is 3.55. The Morgan fingerprint density at radius 3 is 2.31 bits per heavy atom. The fourth-order valence-electron chi connectivity index (χ4n) is 4.74. The van der Waals surface area contributed by atoms with E-state index in [4.69, 9.17) is 16.7 Å². The van der Waals surface area contributed by atoms with E-state index in [1.165, 1.54) is 11.1 Å². The van der Waals surface area contributed by atoms with E-state index in [1.807, 2.05) is 25.1 Å². The smallest absolute Gasteiger partial charge is 0.169 e. The van der Waals surface area contributed by atoms with Crippen molar-refractivity contribution in [2.75, 3.05) is 5.32 Å². The molecule has 6 nitrogen and oxygen atoms in total. The molecule has 0 fully saturated rings. The van der Waals surface area contributed by atoms with Gasteiger partial charge in [-0.25, -0.2) is 5.84 Å². The van der Waals surface area contributed by atoms with Crippen molar-refractivity contribution in [3.63, 3.8) is 0 Å². The predicted molar refractivity (Wildman–Crippen MR) is 131 cm³/mol. The minimum atomic E-state index is 0.370. The number of hydrazone groups is 1. The highest BCUT2D eigenvalue weighted by Crippen LogP contribution is 2.35. The summed E-state index contributed by atoms with van der Waals surface area (Å²) in [6.07, 6.45) is 2.05. The van der Waals surface area contributed by atoms with Crippen molar-refractivity contribution in [2.45, 2.75) is 25.8 Å². The molecular formula is C26H26N6. The van der Waals surface area contributed by atoms with Crippen molar-refractivity contribution < 1.29 is 0 Å². The molecule has 1 heterocycles. The summed E-state index contributed by atoms with van der Waals surface area (Å²) >= 11 is 0. The molecule has 3 aromatic carbocycles. The van der Waals surface area contributed by atoms with Crippen LogP contribution in [0.15, 0.2) is 77.9 Å². The van der Waals surface area contributed by atoms with Crippen LogP contribution in [0.25, 0.3) is 22.0 Å². The van der Waals surface area contributed by atoms with Gasteiger partial charge in [0.2, 0.25) is 0 Å². The van der Waals surface area contributed by atoms with E-state index in [1.54, 1.807) is 0 Å². The number of fused-ring (bicyclic) bond motifs is 2. The summed E-state index contributed by atoms with van der Waals surface area (Å²) in [5, 5.41) is 8.63. The summed E-state index contributed by atoms with van der Waals surface area (Å²) in [6.45, 7) is 1.95. The Morgan fingerprint density at radius 1 is 0.969 bits per heavy atom. The number of benzene rings is 3. The van der Waals surface area contributed by atoms with Gasteiger partial charge in [0.05, 0.1) is 5.52 Å².